The first-order valence-electron chi connectivity index (χ1n) is 7.63. The summed E-state index contributed by atoms with van der Waals surface area (Å²) in [5.41, 5.74) is 1.81. The number of amides is 1. The summed E-state index contributed by atoms with van der Waals surface area (Å²) >= 11 is 19.5. The second-order valence-corrected chi connectivity index (χ2v) is 7.73. The number of carbonyl (C=O) groups excluding carboxylic acids is 1. The normalized spacial score (nSPS) is 11.0. The predicted octanol–water partition coefficient (Wildman–Crippen LogP) is 6.35. The van der Waals surface area contributed by atoms with E-state index in [9.17, 15) is 4.79 Å². The third-order valence-corrected chi connectivity index (χ3v) is 5.50. The Bertz CT molecular complexity index is 952. The molecule has 3 aromatic rings. The fraction of sp³-hybridized carbons (Fsp3) is 0.0526. The van der Waals surface area contributed by atoms with Gasteiger partial charge in [0.25, 0.3) is 0 Å². The molecule has 0 aliphatic heterocycles. The smallest absolute Gasteiger partial charge is 0.250 e. The lowest BCUT2D eigenvalue weighted by molar-refractivity contribution is -0.111. The number of rotatable bonds is 5. The molecule has 0 atom stereocenters. The summed E-state index contributed by atoms with van der Waals surface area (Å²) in [6.07, 6.45) is 5.50. The lowest BCUT2D eigenvalue weighted by Gasteiger charge is -2.03. The number of hydrogen-bond donors (Lipinski definition) is 1. The zero-order valence-electron chi connectivity index (χ0n) is 13.4. The molecule has 0 saturated carbocycles. The van der Waals surface area contributed by atoms with Gasteiger partial charge in [-0.05, 0) is 35.4 Å². The van der Waals surface area contributed by atoms with Crippen LogP contribution >= 0.6 is 46.1 Å². The van der Waals surface area contributed by atoms with Crippen LogP contribution in [0.2, 0.25) is 15.1 Å². The van der Waals surface area contributed by atoms with Gasteiger partial charge in [-0.2, -0.15) is 0 Å². The van der Waals surface area contributed by atoms with Crippen LogP contribution in [0.15, 0.2) is 54.7 Å². The largest absolute Gasteiger partial charge is 0.298 e. The van der Waals surface area contributed by atoms with E-state index in [0.29, 0.717) is 26.6 Å². The van der Waals surface area contributed by atoms with Crippen LogP contribution in [0, 0.1) is 0 Å². The average molecular weight is 424 g/mol. The molecule has 1 N–H and O–H groups in total. The lowest BCUT2D eigenvalue weighted by atomic mass is 10.1. The quantitative estimate of drug-likeness (QED) is 0.486. The van der Waals surface area contributed by atoms with Crippen LogP contribution in [-0.4, -0.2) is 10.9 Å². The molecule has 0 unspecified atom stereocenters. The molecule has 2 aromatic carbocycles. The molecule has 0 spiro atoms. The minimum atomic E-state index is -0.248. The third kappa shape index (κ3) is 5.08. The molecule has 1 heterocycles. The van der Waals surface area contributed by atoms with Gasteiger partial charge >= 0.3 is 0 Å². The first-order chi connectivity index (χ1) is 12.5. The van der Waals surface area contributed by atoms with Crippen molar-refractivity contribution in [1.82, 2.24) is 4.98 Å². The molecular formula is C19H13Cl3N2OS. The number of benzene rings is 2. The number of carbonyl (C=O) groups is 1. The highest BCUT2D eigenvalue weighted by Gasteiger charge is 2.09. The van der Waals surface area contributed by atoms with Gasteiger partial charge in [-0.25, -0.2) is 4.98 Å². The topological polar surface area (TPSA) is 42.0 Å². The van der Waals surface area contributed by atoms with Crippen molar-refractivity contribution < 1.29 is 4.79 Å². The van der Waals surface area contributed by atoms with E-state index in [4.69, 9.17) is 34.8 Å². The van der Waals surface area contributed by atoms with Gasteiger partial charge in [0.15, 0.2) is 5.13 Å². The van der Waals surface area contributed by atoms with Gasteiger partial charge < -0.3 is 0 Å². The van der Waals surface area contributed by atoms with Gasteiger partial charge in [0.1, 0.15) is 0 Å². The molecule has 0 bridgehead atoms. The van der Waals surface area contributed by atoms with Gasteiger partial charge in [0, 0.05) is 28.6 Å². The van der Waals surface area contributed by atoms with Crippen LogP contribution < -0.4 is 5.32 Å². The fourth-order valence-corrected chi connectivity index (χ4v) is 3.56. The van der Waals surface area contributed by atoms with E-state index < -0.39 is 0 Å². The maximum atomic E-state index is 12.0. The second kappa shape index (κ2) is 8.69. The van der Waals surface area contributed by atoms with Crippen LogP contribution in [0.3, 0.4) is 0 Å². The van der Waals surface area contributed by atoms with Crippen molar-refractivity contribution in [2.75, 3.05) is 5.32 Å². The van der Waals surface area contributed by atoms with Gasteiger partial charge in [-0.1, -0.05) is 59.1 Å². The number of thiazole rings is 1. The van der Waals surface area contributed by atoms with E-state index in [-0.39, 0.29) is 5.91 Å². The molecule has 0 radical (unpaired) electrons. The summed E-state index contributed by atoms with van der Waals surface area (Å²) in [4.78, 5) is 17.2. The first kappa shape index (κ1) is 18.9. The Hall–Kier alpha value is -1.85. The molecule has 3 nitrogen and oxygen atoms in total. The van der Waals surface area contributed by atoms with E-state index >= 15 is 0 Å². The molecule has 0 aliphatic carbocycles. The van der Waals surface area contributed by atoms with Crippen LogP contribution in [0.4, 0.5) is 5.13 Å². The minimum Gasteiger partial charge on any atom is -0.298 e. The van der Waals surface area contributed by atoms with Gasteiger partial charge in [0.05, 0.1) is 10.0 Å². The maximum Gasteiger partial charge on any atom is 0.250 e. The lowest BCUT2D eigenvalue weighted by Crippen LogP contribution is -2.07. The predicted molar refractivity (Wildman–Crippen MR) is 110 cm³/mol. The Kier molecular flexibility index (Phi) is 6.33. The van der Waals surface area contributed by atoms with E-state index in [2.05, 4.69) is 10.3 Å². The highest BCUT2D eigenvalue weighted by molar-refractivity contribution is 7.15. The fourth-order valence-electron chi connectivity index (χ4n) is 2.21. The molecular weight excluding hydrogens is 411 g/mol. The van der Waals surface area contributed by atoms with Crippen molar-refractivity contribution >= 4 is 63.3 Å². The van der Waals surface area contributed by atoms with Gasteiger partial charge in [-0.3, -0.25) is 10.1 Å². The van der Waals surface area contributed by atoms with Crippen LogP contribution in [0.5, 0.6) is 0 Å². The molecule has 1 amide bonds. The highest BCUT2D eigenvalue weighted by Crippen LogP contribution is 2.29. The summed E-state index contributed by atoms with van der Waals surface area (Å²) in [5.74, 6) is -0.248. The molecule has 3 rings (SSSR count). The number of halogens is 3. The number of nitrogens with one attached hydrogen (secondary N) is 1. The van der Waals surface area contributed by atoms with E-state index in [1.54, 1.807) is 30.5 Å². The second-order valence-electron chi connectivity index (χ2n) is 5.40. The molecule has 26 heavy (non-hydrogen) atoms. The zero-order chi connectivity index (χ0) is 18.5. The van der Waals surface area contributed by atoms with E-state index in [0.717, 1.165) is 16.0 Å². The maximum absolute atomic E-state index is 12.0. The van der Waals surface area contributed by atoms with Crippen molar-refractivity contribution in [2.24, 2.45) is 0 Å². The molecule has 0 saturated heterocycles. The Balaban J connectivity index is 1.62. The van der Waals surface area contributed by atoms with Crippen LogP contribution in [0.1, 0.15) is 16.0 Å². The highest BCUT2D eigenvalue weighted by atomic mass is 35.5. The van der Waals surface area contributed by atoms with E-state index in [1.807, 2.05) is 24.3 Å². The third-order valence-electron chi connectivity index (χ3n) is 3.48. The van der Waals surface area contributed by atoms with Crippen molar-refractivity contribution in [3.63, 3.8) is 0 Å². The number of anilines is 1. The standard InChI is InChI=1S/C19H13Cl3N2OS/c20-14-7-4-12(5-8-14)6-9-17(25)24-19-23-11-15(26-19)10-13-2-1-3-16(21)18(13)22/h1-9,11H,10H2,(H,23,24,25)/b9-6+. The first-order valence-corrected chi connectivity index (χ1v) is 9.58. The monoisotopic (exact) mass is 422 g/mol. The Morgan fingerprint density at radius 3 is 2.65 bits per heavy atom. The van der Waals surface area contributed by atoms with Crippen molar-refractivity contribution in [2.45, 2.75) is 6.42 Å². The van der Waals surface area contributed by atoms with Gasteiger partial charge in [-0.15, -0.1) is 11.3 Å². The SMILES string of the molecule is O=C(/C=C/c1ccc(Cl)cc1)Nc1ncc(Cc2cccc(Cl)c2Cl)s1. The minimum absolute atomic E-state index is 0.248. The Morgan fingerprint density at radius 2 is 1.88 bits per heavy atom. The number of aromatic nitrogens is 1. The summed E-state index contributed by atoms with van der Waals surface area (Å²) in [5, 5.41) is 5.00. The molecule has 0 fully saturated rings. The number of hydrogen-bond acceptors (Lipinski definition) is 3. The Labute approximate surface area is 170 Å². The van der Waals surface area contributed by atoms with Crippen molar-refractivity contribution in [3.05, 3.63) is 85.8 Å². The van der Waals surface area contributed by atoms with Gasteiger partial charge in [0.2, 0.25) is 5.91 Å². The average Bonchev–Trinajstić information content (AvgIpc) is 3.05. The van der Waals surface area contributed by atoms with Crippen LogP contribution in [-0.2, 0) is 11.2 Å². The summed E-state index contributed by atoms with van der Waals surface area (Å²) in [7, 11) is 0. The van der Waals surface area contributed by atoms with Crippen molar-refractivity contribution in [1.29, 1.82) is 0 Å². The van der Waals surface area contributed by atoms with Crippen LogP contribution in [0.25, 0.3) is 6.08 Å². The summed E-state index contributed by atoms with van der Waals surface area (Å²) < 4.78 is 0. The molecule has 7 heteroatoms. The Morgan fingerprint density at radius 1 is 1.12 bits per heavy atom. The molecule has 1 aromatic heterocycles. The molecule has 0 aliphatic rings. The summed E-state index contributed by atoms with van der Waals surface area (Å²) in [6, 6.07) is 12.7. The molecule has 132 valence electrons. The summed E-state index contributed by atoms with van der Waals surface area (Å²) in [6.45, 7) is 0. The van der Waals surface area contributed by atoms with Crippen molar-refractivity contribution in [3.8, 4) is 0 Å². The van der Waals surface area contributed by atoms with E-state index in [1.165, 1.54) is 17.4 Å². The zero-order valence-corrected chi connectivity index (χ0v) is 16.5. The number of nitrogens with zero attached hydrogens (tertiary/aromatic N) is 1.